The lowest BCUT2D eigenvalue weighted by Crippen LogP contribution is -2.11. The molecule has 0 bridgehead atoms. The number of hydrogen-bond donors (Lipinski definition) is 2. The number of halogens is 1. The first-order valence-corrected chi connectivity index (χ1v) is 7.47. The van der Waals surface area contributed by atoms with Gasteiger partial charge in [-0.3, -0.25) is 4.79 Å². The molecule has 0 aliphatic carbocycles. The molecule has 23 heavy (non-hydrogen) atoms. The van der Waals surface area contributed by atoms with E-state index >= 15 is 0 Å². The molecule has 3 aromatic rings. The van der Waals surface area contributed by atoms with Crippen molar-refractivity contribution in [3.05, 3.63) is 47.1 Å². The molecule has 3 N–H and O–H groups in total. The van der Waals surface area contributed by atoms with Crippen LogP contribution < -0.4 is 5.73 Å². The first-order chi connectivity index (χ1) is 11.0. The smallest absolute Gasteiger partial charge is 0.247 e. The van der Waals surface area contributed by atoms with Crippen LogP contribution in [0.25, 0.3) is 22.8 Å². The van der Waals surface area contributed by atoms with Crippen molar-refractivity contribution in [3.63, 3.8) is 0 Å². The topological polar surface area (TPSA) is 97.8 Å². The average molecular weight is 331 g/mol. The van der Waals surface area contributed by atoms with E-state index in [0.29, 0.717) is 34.5 Å². The number of carbonyl (C=O) groups is 1. The van der Waals surface area contributed by atoms with Gasteiger partial charge in [0.05, 0.1) is 0 Å². The van der Waals surface area contributed by atoms with Gasteiger partial charge in [-0.05, 0) is 19.1 Å². The van der Waals surface area contributed by atoms with Crippen LogP contribution in [0.5, 0.6) is 0 Å². The normalized spacial score (nSPS) is 10.9. The third kappa shape index (κ3) is 3.43. The first kappa shape index (κ1) is 15.3. The minimum atomic E-state index is -0.388. The summed E-state index contributed by atoms with van der Waals surface area (Å²) in [6.07, 6.45) is 2.29. The number of H-pyrrole nitrogens is 1. The summed E-state index contributed by atoms with van der Waals surface area (Å²) in [5.41, 5.74) is 7.37. The van der Waals surface area contributed by atoms with E-state index in [4.69, 9.17) is 21.8 Å². The van der Waals surface area contributed by atoms with Crippen LogP contribution in [0.4, 0.5) is 0 Å². The van der Waals surface area contributed by atoms with Crippen LogP contribution in [0.15, 0.2) is 34.9 Å². The second kappa shape index (κ2) is 6.26. The SMILES string of the molecule is Cc1nc(-c2nc(-c3ccc(Cl)cc3)c(CCC(N)=O)o2)c[nH]1. The number of amides is 1. The molecule has 0 aliphatic heterocycles. The maximum Gasteiger partial charge on any atom is 0.247 e. The Kier molecular flexibility index (Phi) is 4.16. The fraction of sp³-hybridized carbons (Fsp3) is 0.188. The molecule has 0 saturated heterocycles. The molecule has 0 spiro atoms. The van der Waals surface area contributed by atoms with E-state index in [0.717, 1.165) is 11.4 Å². The number of rotatable bonds is 5. The summed E-state index contributed by atoms with van der Waals surface area (Å²) in [7, 11) is 0. The Bertz CT molecular complexity index is 836. The summed E-state index contributed by atoms with van der Waals surface area (Å²) in [5.74, 6) is 1.38. The molecule has 0 atom stereocenters. The number of hydrogen-bond acceptors (Lipinski definition) is 4. The Balaban J connectivity index is 2.02. The van der Waals surface area contributed by atoms with Crippen molar-refractivity contribution in [1.29, 1.82) is 0 Å². The summed E-state index contributed by atoms with van der Waals surface area (Å²) in [5, 5.41) is 0.638. The molecule has 0 radical (unpaired) electrons. The van der Waals surface area contributed by atoms with Crippen molar-refractivity contribution in [2.24, 2.45) is 5.73 Å². The molecule has 6 nitrogen and oxygen atoms in total. The van der Waals surface area contributed by atoms with Gasteiger partial charge in [-0.15, -0.1) is 0 Å². The number of nitrogens with zero attached hydrogens (tertiary/aromatic N) is 2. The van der Waals surface area contributed by atoms with Crippen LogP contribution in [0, 0.1) is 6.92 Å². The molecule has 0 aliphatic rings. The van der Waals surface area contributed by atoms with Crippen molar-refractivity contribution in [1.82, 2.24) is 15.0 Å². The lowest BCUT2D eigenvalue weighted by atomic mass is 10.1. The predicted octanol–water partition coefficient (Wildman–Crippen LogP) is 3.11. The van der Waals surface area contributed by atoms with Gasteiger partial charge in [0.1, 0.15) is 23.0 Å². The van der Waals surface area contributed by atoms with Gasteiger partial charge >= 0.3 is 0 Å². The van der Waals surface area contributed by atoms with Crippen LogP contribution in [0.1, 0.15) is 18.0 Å². The quantitative estimate of drug-likeness (QED) is 0.751. The number of aromatic amines is 1. The molecule has 1 aromatic carbocycles. The van der Waals surface area contributed by atoms with Crippen LogP contribution in [0.3, 0.4) is 0 Å². The minimum Gasteiger partial charge on any atom is -0.439 e. The van der Waals surface area contributed by atoms with Gasteiger partial charge in [-0.2, -0.15) is 0 Å². The van der Waals surface area contributed by atoms with E-state index in [1.165, 1.54) is 0 Å². The van der Waals surface area contributed by atoms with E-state index in [1.54, 1.807) is 18.3 Å². The van der Waals surface area contributed by atoms with Crippen LogP contribution >= 0.6 is 11.6 Å². The van der Waals surface area contributed by atoms with Crippen LogP contribution in [-0.4, -0.2) is 20.9 Å². The third-order valence-corrected chi connectivity index (χ3v) is 3.59. The molecule has 0 saturated carbocycles. The summed E-state index contributed by atoms with van der Waals surface area (Å²) in [6, 6.07) is 7.27. The van der Waals surface area contributed by atoms with E-state index in [1.807, 2.05) is 19.1 Å². The van der Waals surface area contributed by atoms with E-state index in [-0.39, 0.29) is 12.3 Å². The highest BCUT2D eigenvalue weighted by molar-refractivity contribution is 6.30. The Labute approximate surface area is 137 Å². The summed E-state index contributed by atoms with van der Waals surface area (Å²) < 4.78 is 5.81. The molecule has 3 rings (SSSR count). The molecule has 0 fully saturated rings. The van der Waals surface area contributed by atoms with Gasteiger partial charge in [0.2, 0.25) is 11.8 Å². The monoisotopic (exact) mass is 330 g/mol. The highest BCUT2D eigenvalue weighted by Gasteiger charge is 2.18. The molecular weight excluding hydrogens is 316 g/mol. The number of primary amides is 1. The minimum absolute atomic E-state index is 0.189. The maximum atomic E-state index is 11.1. The number of imidazole rings is 1. The fourth-order valence-electron chi connectivity index (χ4n) is 2.23. The summed E-state index contributed by atoms with van der Waals surface area (Å²) in [4.78, 5) is 22.9. The molecule has 1 amide bonds. The largest absolute Gasteiger partial charge is 0.439 e. The lowest BCUT2D eigenvalue weighted by Gasteiger charge is -2.00. The highest BCUT2D eigenvalue weighted by Crippen LogP contribution is 2.30. The standard InChI is InChI=1S/C16H15ClN4O2/c1-9-19-8-12(20-9)16-21-15(10-2-4-11(17)5-3-10)13(23-16)6-7-14(18)22/h2-5,8H,6-7H2,1H3,(H2,18,22)(H,19,20). The number of nitrogens with two attached hydrogens (primary N) is 1. The molecule has 2 heterocycles. The summed E-state index contributed by atoms with van der Waals surface area (Å²) >= 11 is 5.93. The van der Waals surface area contributed by atoms with Gasteiger partial charge in [0.25, 0.3) is 0 Å². The van der Waals surface area contributed by atoms with Gasteiger partial charge < -0.3 is 15.1 Å². The van der Waals surface area contributed by atoms with E-state index < -0.39 is 0 Å². The second-order valence-electron chi connectivity index (χ2n) is 5.14. The maximum absolute atomic E-state index is 11.1. The first-order valence-electron chi connectivity index (χ1n) is 7.09. The van der Waals surface area contributed by atoms with Gasteiger partial charge in [0, 0.05) is 29.6 Å². The molecular formula is C16H15ClN4O2. The zero-order valence-corrected chi connectivity index (χ0v) is 13.2. The molecule has 0 unspecified atom stereocenters. The number of nitrogens with one attached hydrogen (secondary N) is 1. The van der Waals surface area contributed by atoms with Gasteiger partial charge in [-0.1, -0.05) is 23.7 Å². The number of aromatic nitrogens is 3. The molecule has 7 heteroatoms. The highest BCUT2D eigenvalue weighted by atomic mass is 35.5. The van der Waals surface area contributed by atoms with Crippen molar-refractivity contribution in [2.75, 3.05) is 0 Å². The van der Waals surface area contributed by atoms with Gasteiger partial charge in [-0.25, -0.2) is 9.97 Å². The van der Waals surface area contributed by atoms with Crippen molar-refractivity contribution >= 4 is 17.5 Å². The van der Waals surface area contributed by atoms with Crippen LogP contribution in [-0.2, 0) is 11.2 Å². The Morgan fingerprint density at radius 1 is 1.30 bits per heavy atom. The Morgan fingerprint density at radius 3 is 2.65 bits per heavy atom. The molecule has 118 valence electrons. The number of aryl methyl sites for hydroxylation is 2. The van der Waals surface area contributed by atoms with E-state index in [9.17, 15) is 4.79 Å². The third-order valence-electron chi connectivity index (χ3n) is 3.34. The Morgan fingerprint density at radius 2 is 2.04 bits per heavy atom. The summed E-state index contributed by atoms with van der Waals surface area (Å²) in [6.45, 7) is 1.85. The zero-order valence-electron chi connectivity index (χ0n) is 12.5. The van der Waals surface area contributed by atoms with E-state index in [2.05, 4.69) is 15.0 Å². The van der Waals surface area contributed by atoms with Crippen LogP contribution in [0.2, 0.25) is 5.02 Å². The molecule has 2 aromatic heterocycles. The number of oxazole rings is 1. The Hall–Kier alpha value is -2.60. The zero-order chi connectivity index (χ0) is 16.4. The number of benzene rings is 1. The predicted molar refractivity (Wildman–Crippen MR) is 86.8 cm³/mol. The van der Waals surface area contributed by atoms with Crippen molar-refractivity contribution in [3.8, 4) is 22.8 Å². The fourth-order valence-corrected chi connectivity index (χ4v) is 2.35. The lowest BCUT2D eigenvalue weighted by molar-refractivity contribution is -0.118. The second-order valence-corrected chi connectivity index (χ2v) is 5.57. The van der Waals surface area contributed by atoms with Crippen molar-refractivity contribution < 1.29 is 9.21 Å². The number of carbonyl (C=O) groups excluding carboxylic acids is 1. The average Bonchev–Trinajstić information content (AvgIpc) is 3.12. The van der Waals surface area contributed by atoms with Gasteiger partial charge in [0.15, 0.2) is 0 Å². The van der Waals surface area contributed by atoms with Crippen molar-refractivity contribution in [2.45, 2.75) is 19.8 Å².